The van der Waals surface area contributed by atoms with Crippen LogP contribution in [0.4, 0.5) is 19.4 Å². The number of halogens is 2. The third kappa shape index (κ3) is 5.44. The second kappa shape index (κ2) is 9.01. The number of carbonyl (C=O) groups is 1. The first-order chi connectivity index (χ1) is 12.4. The van der Waals surface area contributed by atoms with Gasteiger partial charge >= 0.3 is 11.8 Å². The van der Waals surface area contributed by atoms with Crippen LogP contribution in [0.5, 0.6) is 0 Å². The molecule has 0 aliphatic carbocycles. The largest absolute Gasteiger partial charge is 0.447 e. The van der Waals surface area contributed by atoms with E-state index in [1.165, 1.54) is 19.4 Å². The maximum atomic E-state index is 13.8. The highest BCUT2D eigenvalue weighted by Gasteiger charge is 2.49. The molecule has 2 atom stereocenters. The Morgan fingerprint density at radius 1 is 1.54 bits per heavy atom. The number of hydrogen-bond acceptors (Lipinski definition) is 7. The van der Waals surface area contributed by atoms with Crippen LogP contribution in [-0.2, 0) is 20.8 Å². The van der Waals surface area contributed by atoms with Crippen LogP contribution < -0.4 is 11.0 Å². The normalized spacial score (nSPS) is 21.5. The van der Waals surface area contributed by atoms with E-state index in [1.807, 2.05) is 0 Å². The third-order valence-electron chi connectivity index (χ3n) is 3.79. The van der Waals surface area contributed by atoms with E-state index in [4.69, 9.17) is 19.3 Å². The average Bonchev–Trinajstić information content (AvgIpc) is 2.88. The number of alkyl halides is 2. The van der Waals surface area contributed by atoms with Crippen molar-refractivity contribution in [3.05, 3.63) is 22.7 Å². The Bertz CT molecular complexity index is 669. The van der Waals surface area contributed by atoms with Crippen molar-refractivity contribution in [3.8, 4) is 0 Å². The summed E-state index contributed by atoms with van der Waals surface area (Å²) in [6, 6.07) is 1.35. The van der Waals surface area contributed by atoms with Gasteiger partial charge in [0.25, 0.3) is 5.92 Å². The summed E-state index contributed by atoms with van der Waals surface area (Å²) in [5, 5.41) is 11.2. The highest BCUT2D eigenvalue weighted by molar-refractivity contribution is 5.83. The fourth-order valence-corrected chi connectivity index (χ4v) is 2.49. The Kier molecular flexibility index (Phi) is 7.00. The summed E-state index contributed by atoms with van der Waals surface area (Å²) in [7, 11) is 1.46. The lowest BCUT2D eigenvalue weighted by Gasteiger charge is -2.18. The minimum Gasteiger partial charge on any atom is -0.447 e. The van der Waals surface area contributed by atoms with Gasteiger partial charge in [0, 0.05) is 26.3 Å². The molecule has 2 heterocycles. The highest BCUT2D eigenvalue weighted by Crippen LogP contribution is 2.37. The van der Waals surface area contributed by atoms with Gasteiger partial charge in [0.2, 0.25) is 0 Å². The summed E-state index contributed by atoms with van der Waals surface area (Å²) in [6.45, 7) is -0.242. The fourth-order valence-electron chi connectivity index (χ4n) is 2.49. The summed E-state index contributed by atoms with van der Waals surface area (Å²) >= 11 is 0. The summed E-state index contributed by atoms with van der Waals surface area (Å²) in [6.07, 6.45) is -2.40. The van der Waals surface area contributed by atoms with Crippen molar-refractivity contribution < 1.29 is 32.9 Å². The molecule has 0 unspecified atom stereocenters. The van der Waals surface area contributed by atoms with Crippen molar-refractivity contribution in [2.45, 2.75) is 37.5 Å². The number of aryl methyl sites for hydroxylation is 1. The molecule has 1 fully saturated rings. The van der Waals surface area contributed by atoms with Crippen LogP contribution in [0, 0.1) is 0 Å². The molecular formula is C15H21F2N3O6. The average molecular weight is 377 g/mol. The second-order valence-corrected chi connectivity index (χ2v) is 5.73. The van der Waals surface area contributed by atoms with Crippen LogP contribution in [0.3, 0.4) is 0 Å². The predicted octanol–water partition coefficient (Wildman–Crippen LogP) is 0.613. The molecule has 1 aliphatic rings. The SMILES string of the molecule is COCCOC(=O)Nc1ccn(CC[C@@H]2O[C@H](CO)CC2(F)F)c(=O)n1. The molecule has 2 rings (SSSR count). The van der Waals surface area contributed by atoms with E-state index >= 15 is 0 Å². The molecule has 1 aromatic rings. The molecule has 1 amide bonds. The Hall–Kier alpha value is -2.11. The zero-order chi connectivity index (χ0) is 19.2. The van der Waals surface area contributed by atoms with Gasteiger partial charge in [-0.25, -0.2) is 18.4 Å². The van der Waals surface area contributed by atoms with E-state index in [1.54, 1.807) is 0 Å². The number of aliphatic hydroxyl groups is 1. The molecule has 146 valence electrons. The topological polar surface area (TPSA) is 112 Å². The van der Waals surface area contributed by atoms with E-state index < -0.39 is 42.9 Å². The summed E-state index contributed by atoms with van der Waals surface area (Å²) in [4.78, 5) is 27.0. The Morgan fingerprint density at radius 3 is 2.92 bits per heavy atom. The number of hydrogen-bond donors (Lipinski definition) is 2. The van der Waals surface area contributed by atoms with Gasteiger partial charge in [0.05, 0.1) is 19.3 Å². The molecule has 1 aliphatic heterocycles. The van der Waals surface area contributed by atoms with Crippen LogP contribution in [0.25, 0.3) is 0 Å². The first kappa shape index (κ1) is 20.2. The van der Waals surface area contributed by atoms with Crippen LogP contribution >= 0.6 is 0 Å². The van der Waals surface area contributed by atoms with Crippen molar-refractivity contribution in [2.75, 3.05) is 32.2 Å². The number of nitrogens with zero attached hydrogens (tertiary/aromatic N) is 2. The Balaban J connectivity index is 1.89. The first-order valence-electron chi connectivity index (χ1n) is 8.00. The summed E-state index contributed by atoms with van der Waals surface area (Å²) in [5.74, 6) is -3.07. The molecule has 1 saturated heterocycles. The maximum Gasteiger partial charge on any atom is 0.412 e. The lowest BCUT2D eigenvalue weighted by atomic mass is 10.1. The number of ether oxygens (including phenoxy) is 3. The lowest BCUT2D eigenvalue weighted by molar-refractivity contribution is -0.0822. The molecule has 2 N–H and O–H groups in total. The number of nitrogens with one attached hydrogen (secondary N) is 1. The molecule has 9 nitrogen and oxygen atoms in total. The third-order valence-corrected chi connectivity index (χ3v) is 3.79. The van der Waals surface area contributed by atoms with Gasteiger partial charge < -0.3 is 19.3 Å². The van der Waals surface area contributed by atoms with Gasteiger partial charge in [0.1, 0.15) is 18.5 Å². The van der Waals surface area contributed by atoms with E-state index in [-0.39, 0.29) is 32.0 Å². The second-order valence-electron chi connectivity index (χ2n) is 5.73. The molecule has 0 bridgehead atoms. The Morgan fingerprint density at radius 2 is 2.31 bits per heavy atom. The minimum absolute atomic E-state index is 0.0172. The summed E-state index contributed by atoms with van der Waals surface area (Å²) < 4.78 is 43.3. The molecule has 11 heteroatoms. The van der Waals surface area contributed by atoms with E-state index in [0.29, 0.717) is 0 Å². The number of anilines is 1. The van der Waals surface area contributed by atoms with Crippen LogP contribution in [0.2, 0.25) is 0 Å². The summed E-state index contributed by atoms with van der Waals surface area (Å²) in [5.41, 5.74) is -0.709. The Labute approximate surface area is 147 Å². The number of aliphatic hydroxyl groups excluding tert-OH is 1. The molecule has 0 saturated carbocycles. The lowest BCUT2D eigenvalue weighted by Crippen LogP contribution is -2.32. The fraction of sp³-hybridized carbons (Fsp3) is 0.667. The van der Waals surface area contributed by atoms with Crippen LogP contribution in [0.1, 0.15) is 12.8 Å². The van der Waals surface area contributed by atoms with Gasteiger partial charge in [-0.05, 0) is 12.5 Å². The number of rotatable bonds is 8. The van der Waals surface area contributed by atoms with Crippen molar-refractivity contribution in [1.82, 2.24) is 9.55 Å². The van der Waals surface area contributed by atoms with E-state index in [0.717, 1.165) is 4.57 Å². The monoisotopic (exact) mass is 377 g/mol. The van der Waals surface area contributed by atoms with Crippen LogP contribution in [0.15, 0.2) is 17.1 Å². The van der Waals surface area contributed by atoms with Crippen molar-refractivity contribution >= 4 is 11.9 Å². The first-order valence-corrected chi connectivity index (χ1v) is 8.00. The van der Waals surface area contributed by atoms with Gasteiger partial charge in [0.15, 0.2) is 0 Å². The molecule has 0 aromatic carbocycles. The van der Waals surface area contributed by atoms with Gasteiger partial charge in [-0.3, -0.25) is 9.88 Å². The van der Waals surface area contributed by atoms with Gasteiger partial charge in [-0.15, -0.1) is 0 Å². The number of amides is 1. The molecule has 0 spiro atoms. The van der Waals surface area contributed by atoms with E-state index in [9.17, 15) is 18.4 Å². The van der Waals surface area contributed by atoms with Crippen molar-refractivity contribution in [2.24, 2.45) is 0 Å². The van der Waals surface area contributed by atoms with Crippen molar-refractivity contribution in [3.63, 3.8) is 0 Å². The quantitative estimate of drug-likeness (QED) is 0.639. The molecule has 0 radical (unpaired) electrons. The molecular weight excluding hydrogens is 356 g/mol. The zero-order valence-corrected chi connectivity index (χ0v) is 14.2. The van der Waals surface area contributed by atoms with Gasteiger partial charge in [-0.1, -0.05) is 0 Å². The van der Waals surface area contributed by atoms with Crippen LogP contribution in [-0.4, -0.2) is 65.8 Å². The van der Waals surface area contributed by atoms with E-state index in [2.05, 4.69) is 10.3 Å². The standard InChI is InChI=1S/C15H21F2N3O6/c1-24-6-7-25-14(23)19-12-3-5-20(13(22)18-12)4-2-11-15(16,17)8-10(9-21)26-11/h3,5,10-11,21H,2,4,6-9H2,1H3,(H,18,19,22,23)/t10-,11-/m0/s1. The molecule has 1 aromatic heterocycles. The maximum absolute atomic E-state index is 13.8. The minimum atomic E-state index is -3.06. The predicted molar refractivity (Wildman–Crippen MR) is 85.3 cm³/mol. The zero-order valence-electron chi connectivity index (χ0n) is 14.2. The van der Waals surface area contributed by atoms with Gasteiger partial charge in [-0.2, -0.15) is 4.98 Å². The number of carbonyl (C=O) groups excluding carboxylic acids is 1. The smallest absolute Gasteiger partial charge is 0.412 e. The molecule has 26 heavy (non-hydrogen) atoms. The van der Waals surface area contributed by atoms with Crippen molar-refractivity contribution in [1.29, 1.82) is 0 Å². The number of aromatic nitrogens is 2. The highest BCUT2D eigenvalue weighted by atomic mass is 19.3. The number of methoxy groups -OCH3 is 1.